The van der Waals surface area contributed by atoms with Crippen molar-refractivity contribution in [3.05, 3.63) is 59.7 Å². The molecule has 2 aromatic rings. The maximum atomic E-state index is 12.5. The minimum atomic E-state index is -0.240. The summed E-state index contributed by atoms with van der Waals surface area (Å²) in [5.74, 6) is 1.63. The van der Waals surface area contributed by atoms with E-state index in [4.69, 9.17) is 9.47 Å². The molecule has 0 aliphatic rings. The van der Waals surface area contributed by atoms with Crippen LogP contribution >= 0.6 is 0 Å². The molecular weight excluding hydrogens is 328 g/mol. The van der Waals surface area contributed by atoms with Crippen molar-refractivity contribution in [2.75, 3.05) is 20.8 Å². The Hall–Kier alpha value is -2.53. The first-order valence-electron chi connectivity index (χ1n) is 8.86. The van der Waals surface area contributed by atoms with Gasteiger partial charge in [-0.15, -0.1) is 0 Å². The predicted molar refractivity (Wildman–Crippen MR) is 103 cm³/mol. The van der Waals surface area contributed by atoms with Crippen molar-refractivity contribution < 1.29 is 14.3 Å². The molecule has 26 heavy (non-hydrogen) atoms. The van der Waals surface area contributed by atoms with Crippen LogP contribution in [0.25, 0.3) is 0 Å². The third-order valence-corrected chi connectivity index (χ3v) is 4.35. The molecule has 2 rings (SSSR count). The van der Waals surface area contributed by atoms with Gasteiger partial charge < -0.3 is 14.8 Å². The SMILES string of the molecule is CCOc1ccc(CN(C)C(C)C(=O)NCc2ccccc2OC)cc1. The topological polar surface area (TPSA) is 50.8 Å². The van der Waals surface area contributed by atoms with Gasteiger partial charge in [0.1, 0.15) is 11.5 Å². The number of hydrogen-bond acceptors (Lipinski definition) is 4. The van der Waals surface area contributed by atoms with Crippen molar-refractivity contribution in [3.63, 3.8) is 0 Å². The Balaban J connectivity index is 1.88. The summed E-state index contributed by atoms with van der Waals surface area (Å²) in [4.78, 5) is 14.5. The first-order valence-corrected chi connectivity index (χ1v) is 8.86. The number of likely N-dealkylation sites (N-methyl/N-ethyl adjacent to an activating group) is 1. The van der Waals surface area contributed by atoms with Crippen LogP contribution in [0.5, 0.6) is 11.5 Å². The second kappa shape index (κ2) is 9.82. The summed E-state index contributed by atoms with van der Waals surface area (Å²) >= 11 is 0. The molecule has 0 aliphatic carbocycles. The molecule has 5 nitrogen and oxygen atoms in total. The Morgan fingerprint density at radius 3 is 2.50 bits per heavy atom. The van der Waals surface area contributed by atoms with Gasteiger partial charge in [-0.1, -0.05) is 30.3 Å². The summed E-state index contributed by atoms with van der Waals surface area (Å²) in [6, 6.07) is 15.4. The van der Waals surface area contributed by atoms with Crippen LogP contribution < -0.4 is 14.8 Å². The molecule has 0 saturated carbocycles. The molecule has 5 heteroatoms. The molecule has 0 spiro atoms. The summed E-state index contributed by atoms with van der Waals surface area (Å²) in [6.45, 7) is 5.67. The van der Waals surface area contributed by atoms with E-state index in [-0.39, 0.29) is 11.9 Å². The smallest absolute Gasteiger partial charge is 0.237 e. The van der Waals surface area contributed by atoms with Crippen LogP contribution in [0.4, 0.5) is 0 Å². The van der Waals surface area contributed by atoms with Gasteiger partial charge in [-0.2, -0.15) is 0 Å². The lowest BCUT2D eigenvalue weighted by molar-refractivity contribution is -0.125. The zero-order valence-corrected chi connectivity index (χ0v) is 16.0. The molecule has 0 radical (unpaired) electrons. The van der Waals surface area contributed by atoms with Gasteiger partial charge in [-0.25, -0.2) is 0 Å². The Morgan fingerprint density at radius 1 is 1.15 bits per heavy atom. The van der Waals surface area contributed by atoms with E-state index in [1.165, 1.54) is 0 Å². The van der Waals surface area contributed by atoms with Gasteiger partial charge in [0, 0.05) is 18.7 Å². The third-order valence-electron chi connectivity index (χ3n) is 4.35. The number of amides is 1. The van der Waals surface area contributed by atoms with Crippen LogP contribution in [0.2, 0.25) is 0 Å². The summed E-state index contributed by atoms with van der Waals surface area (Å²) in [6.07, 6.45) is 0. The highest BCUT2D eigenvalue weighted by Crippen LogP contribution is 2.17. The minimum absolute atomic E-state index is 0.00987. The van der Waals surface area contributed by atoms with Crippen LogP contribution in [-0.4, -0.2) is 37.6 Å². The standard InChI is InChI=1S/C21H28N2O3/c1-5-26-19-12-10-17(11-13-19)15-23(3)16(2)21(24)22-14-18-8-6-7-9-20(18)25-4/h6-13,16H,5,14-15H2,1-4H3,(H,22,24). The van der Waals surface area contributed by atoms with Gasteiger partial charge in [-0.3, -0.25) is 9.69 Å². The molecule has 140 valence electrons. The van der Waals surface area contributed by atoms with E-state index < -0.39 is 0 Å². The minimum Gasteiger partial charge on any atom is -0.496 e. The Kier molecular flexibility index (Phi) is 7.48. The zero-order valence-electron chi connectivity index (χ0n) is 16.0. The van der Waals surface area contributed by atoms with E-state index in [0.29, 0.717) is 19.7 Å². The number of methoxy groups -OCH3 is 1. The molecule has 0 bridgehead atoms. The molecular formula is C21H28N2O3. The van der Waals surface area contributed by atoms with Crippen LogP contribution in [0.1, 0.15) is 25.0 Å². The van der Waals surface area contributed by atoms with Gasteiger partial charge in [0.25, 0.3) is 0 Å². The highest BCUT2D eigenvalue weighted by molar-refractivity contribution is 5.81. The van der Waals surface area contributed by atoms with Crippen molar-refractivity contribution in [3.8, 4) is 11.5 Å². The molecule has 1 N–H and O–H groups in total. The fraction of sp³-hybridized carbons (Fsp3) is 0.381. The van der Waals surface area contributed by atoms with Crippen molar-refractivity contribution in [1.82, 2.24) is 10.2 Å². The van der Waals surface area contributed by atoms with Crippen molar-refractivity contribution in [2.45, 2.75) is 33.0 Å². The molecule has 0 aromatic heterocycles. The summed E-state index contributed by atoms with van der Waals surface area (Å²) in [5.41, 5.74) is 2.10. The van der Waals surface area contributed by atoms with Crippen LogP contribution in [0, 0.1) is 0 Å². The molecule has 0 fully saturated rings. The molecule has 1 unspecified atom stereocenters. The van der Waals surface area contributed by atoms with Gasteiger partial charge in [-0.05, 0) is 44.7 Å². The molecule has 0 saturated heterocycles. The number of ether oxygens (including phenoxy) is 2. The fourth-order valence-corrected chi connectivity index (χ4v) is 2.66. The van der Waals surface area contributed by atoms with E-state index in [1.807, 2.05) is 74.3 Å². The molecule has 2 aromatic carbocycles. The number of benzene rings is 2. The number of carbonyl (C=O) groups is 1. The van der Waals surface area contributed by atoms with E-state index in [0.717, 1.165) is 22.6 Å². The number of carbonyl (C=O) groups excluding carboxylic acids is 1. The van der Waals surface area contributed by atoms with E-state index in [1.54, 1.807) is 7.11 Å². The van der Waals surface area contributed by atoms with Crippen molar-refractivity contribution >= 4 is 5.91 Å². The number of hydrogen-bond donors (Lipinski definition) is 1. The van der Waals surface area contributed by atoms with Crippen molar-refractivity contribution in [2.24, 2.45) is 0 Å². The van der Waals surface area contributed by atoms with E-state index in [2.05, 4.69) is 5.32 Å². The normalized spacial score (nSPS) is 11.9. The Labute approximate surface area is 155 Å². The first kappa shape index (κ1) is 19.8. The largest absolute Gasteiger partial charge is 0.496 e. The lowest BCUT2D eigenvalue weighted by Gasteiger charge is -2.24. The summed E-state index contributed by atoms with van der Waals surface area (Å²) in [7, 11) is 3.58. The number of nitrogens with one attached hydrogen (secondary N) is 1. The van der Waals surface area contributed by atoms with Gasteiger partial charge >= 0.3 is 0 Å². The molecule has 1 amide bonds. The maximum Gasteiger partial charge on any atom is 0.237 e. The van der Waals surface area contributed by atoms with Crippen LogP contribution in [0.3, 0.4) is 0 Å². The summed E-state index contributed by atoms with van der Waals surface area (Å²) in [5, 5.41) is 2.99. The van der Waals surface area contributed by atoms with Crippen LogP contribution in [0.15, 0.2) is 48.5 Å². The summed E-state index contributed by atoms with van der Waals surface area (Å²) < 4.78 is 10.8. The monoisotopic (exact) mass is 356 g/mol. The first-order chi connectivity index (χ1) is 12.5. The quantitative estimate of drug-likeness (QED) is 0.749. The second-order valence-electron chi connectivity index (χ2n) is 6.20. The van der Waals surface area contributed by atoms with E-state index >= 15 is 0 Å². The average Bonchev–Trinajstić information content (AvgIpc) is 2.67. The second-order valence-corrected chi connectivity index (χ2v) is 6.20. The Morgan fingerprint density at radius 2 is 1.85 bits per heavy atom. The van der Waals surface area contributed by atoms with Crippen molar-refractivity contribution in [1.29, 1.82) is 0 Å². The lowest BCUT2D eigenvalue weighted by atomic mass is 10.1. The number of rotatable bonds is 9. The Bertz CT molecular complexity index is 701. The molecule has 0 heterocycles. The van der Waals surface area contributed by atoms with Gasteiger partial charge in [0.15, 0.2) is 0 Å². The van der Waals surface area contributed by atoms with Gasteiger partial charge in [0.2, 0.25) is 5.91 Å². The fourth-order valence-electron chi connectivity index (χ4n) is 2.66. The predicted octanol–water partition coefficient (Wildman–Crippen LogP) is 3.23. The highest BCUT2D eigenvalue weighted by atomic mass is 16.5. The zero-order chi connectivity index (χ0) is 18.9. The molecule has 1 atom stereocenters. The van der Waals surface area contributed by atoms with E-state index in [9.17, 15) is 4.79 Å². The van der Waals surface area contributed by atoms with Gasteiger partial charge in [0.05, 0.1) is 19.8 Å². The van der Waals surface area contributed by atoms with Crippen LogP contribution in [-0.2, 0) is 17.9 Å². The maximum absolute atomic E-state index is 12.5. The third kappa shape index (κ3) is 5.49. The molecule has 0 aliphatic heterocycles. The number of nitrogens with zero attached hydrogens (tertiary/aromatic N) is 1. The highest BCUT2D eigenvalue weighted by Gasteiger charge is 2.18. The number of para-hydroxylation sites is 1. The lowest BCUT2D eigenvalue weighted by Crippen LogP contribution is -2.42. The average molecular weight is 356 g/mol.